The number of anilines is 1. The number of hydrogen-bond acceptors (Lipinski definition) is 4. The number of amides is 2. The van der Waals surface area contributed by atoms with Crippen LogP contribution in [0.2, 0.25) is 0 Å². The second kappa shape index (κ2) is 12.5. The molecule has 0 fully saturated rings. The highest BCUT2D eigenvalue weighted by molar-refractivity contribution is 6.03. The number of carbonyl (C=O) groups is 2. The molecule has 1 heterocycles. The molecule has 0 aliphatic carbocycles. The van der Waals surface area contributed by atoms with Crippen LogP contribution in [0, 0.1) is 0 Å². The molecular formula is C27H32N4O2. The average Bonchev–Trinajstić information content (AvgIpc) is 2.85. The van der Waals surface area contributed by atoms with Gasteiger partial charge in [0.15, 0.2) is 0 Å². The number of aromatic nitrogens is 1. The summed E-state index contributed by atoms with van der Waals surface area (Å²) in [5, 5.41) is 5.82. The summed E-state index contributed by atoms with van der Waals surface area (Å²) in [4.78, 5) is 31.6. The number of hydrogen-bond donors (Lipinski definition) is 2. The minimum atomic E-state index is -0.201. The third-order valence-corrected chi connectivity index (χ3v) is 5.52. The molecule has 2 amide bonds. The molecule has 3 rings (SSSR count). The van der Waals surface area contributed by atoms with Crippen molar-refractivity contribution in [1.29, 1.82) is 0 Å². The lowest BCUT2D eigenvalue weighted by Gasteiger charge is -2.17. The van der Waals surface area contributed by atoms with Crippen LogP contribution in [0.15, 0.2) is 72.9 Å². The van der Waals surface area contributed by atoms with E-state index in [2.05, 4.69) is 34.4 Å². The number of nitrogens with one attached hydrogen (secondary N) is 2. The molecule has 0 radical (unpaired) electrons. The summed E-state index contributed by atoms with van der Waals surface area (Å²) in [5.41, 5.74) is 3.24. The predicted octanol–water partition coefficient (Wildman–Crippen LogP) is 4.39. The predicted molar refractivity (Wildman–Crippen MR) is 133 cm³/mol. The standard InChI is InChI=1S/C27H32N4O2/c1-3-31(4-2)17-9-16-29-26(32)23-12-7-10-21(19-23)18-22-11-8-13-24(20-22)27(33)30-25-14-5-6-15-28-25/h5-8,10-15,19-20H,3-4,9,16-18H2,1-2H3,(H,29,32)(H,28,30,33). The first-order valence-electron chi connectivity index (χ1n) is 11.5. The Morgan fingerprint density at radius 3 is 2.12 bits per heavy atom. The summed E-state index contributed by atoms with van der Waals surface area (Å²) in [7, 11) is 0. The number of benzene rings is 2. The molecule has 2 N–H and O–H groups in total. The van der Waals surface area contributed by atoms with Crippen LogP contribution in [-0.4, -0.2) is 47.9 Å². The van der Waals surface area contributed by atoms with Crippen molar-refractivity contribution in [3.05, 3.63) is 95.2 Å². The van der Waals surface area contributed by atoms with Gasteiger partial charge in [-0.05, 0) is 80.0 Å². The van der Waals surface area contributed by atoms with E-state index in [-0.39, 0.29) is 11.8 Å². The fourth-order valence-corrected chi connectivity index (χ4v) is 3.65. The Morgan fingerprint density at radius 1 is 0.848 bits per heavy atom. The summed E-state index contributed by atoms with van der Waals surface area (Å²) < 4.78 is 0. The molecule has 0 spiro atoms. The van der Waals surface area contributed by atoms with E-state index in [1.54, 1.807) is 24.4 Å². The van der Waals surface area contributed by atoms with E-state index < -0.39 is 0 Å². The van der Waals surface area contributed by atoms with Gasteiger partial charge >= 0.3 is 0 Å². The van der Waals surface area contributed by atoms with Crippen molar-refractivity contribution in [1.82, 2.24) is 15.2 Å². The van der Waals surface area contributed by atoms with Gasteiger partial charge in [0.05, 0.1) is 0 Å². The lowest BCUT2D eigenvalue weighted by Crippen LogP contribution is -2.29. The maximum atomic E-state index is 12.6. The molecule has 0 aliphatic rings. The van der Waals surface area contributed by atoms with Gasteiger partial charge in [-0.1, -0.05) is 44.2 Å². The molecule has 172 valence electrons. The molecule has 6 heteroatoms. The van der Waals surface area contributed by atoms with Crippen LogP contribution in [0.4, 0.5) is 5.82 Å². The van der Waals surface area contributed by atoms with Gasteiger partial charge in [-0.25, -0.2) is 4.98 Å². The second-order valence-corrected chi connectivity index (χ2v) is 7.88. The van der Waals surface area contributed by atoms with E-state index >= 15 is 0 Å². The van der Waals surface area contributed by atoms with Gasteiger partial charge in [-0.3, -0.25) is 9.59 Å². The number of carbonyl (C=O) groups excluding carboxylic acids is 2. The molecule has 0 saturated heterocycles. The molecule has 3 aromatic rings. The van der Waals surface area contributed by atoms with E-state index in [9.17, 15) is 9.59 Å². The Labute approximate surface area is 196 Å². The van der Waals surface area contributed by atoms with E-state index in [4.69, 9.17) is 0 Å². The van der Waals surface area contributed by atoms with Crippen molar-refractivity contribution >= 4 is 17.6 Å². The van der Waals surface area contributed by atoms with Crippen LogP contribution in [0.3, 0.4) is 0 Å². The molecule has 0 saturated carbocycles. The molecule has 0 atom stereocenters. The number of pyridine rings is 1. The maximum absolute atomic E-state index is 12.6. The van der Waals surface area contributed by atoms with E-state index in [0.717, 1.165) is 37.2 Å². The first-order chi connectivity index (χ1) is 16.1. The highest BCUT2D eigenvalue weighted by Gasteiger charge is 2.10. The Morgan fingerprint density at radius 2 is 1.52 bits per heavy atom. The van der Waals surface area contributed by atoms with E-state index in [1.807, 2.05) is 48.5 Å². The van der Waals surface area contributed by atoms with Crippen LogP contribution in [0.25, 0.3) is 0 Å². The quantitative estimate of drug-likeness (QED) is 0.430. The Kier molecular flexibility index (Phi) is 9.15. The minimum absolute atomic E-state index is 0.0557. The Hall–Kier alpha value is -3.51. The maximum Gasteiger partial charge on any atom is 0.256 e. The van der Waals surface area contributed by atoms with Gasteiger partial charge in [0.25, 0.3) is 11.8 Å². The highest BCUT2D eigenvalue weighted by Crippen LogP contribution is 2.14. The summed E-state index contributed by atoms with van der Waals surface area (Å²) >= 11 is 0. The second-order valence-electron chi connectivity index (χ2n) is 7.88. The van der Waals surface area contributed by atoms with Gasteiger partial charge < -0.3 is 15.5 Å². The van der Waals surface area contributed by atoms with Gasteiger partial charge in [0.1, 0.15) is 5.82 Å². The van der Waals surface area contributed by atoms with Gasteiger partial charge in [-0.2, -0.15) is 0 Å². The Balaban J connectivity index is 1.58. The number of nitrogens with zero attached hydrogens (tertiary/aromatic N) is 2. The van der Waals surface area contributed by atoms with Crippen molar-refractivity contribution in [3.63, 3.8) is 0 Å². The molecule has 6 nitrogen and oxygen atoms in total. The first-order valence-corrected chi connectivity index (χ1v) is 11.5. The van der Waals surface area contributed by atoms with Gasteiger partial charge in [0, 0.05) is 23.9 Å². The minimum Gasteiger partial charge on any atom is -0.352 e. The van der Waals surface area contributed by atoms with E-state index in [1.165, 1.54) is 0 Å². The summed E-state index contributed by atoms with van der Waals surface area (Å²) in [6.45, 7) is 7.99. The molecule has 0 aliphatic heterocycles. The van der Waals surface area contributed by atoms with Crippen molar-refractivity contribution in [2.45, 2.75) is 26.7 Å². The zero-order chi connectivity index (χ0) is 23.5. The van der Waals surface area contributed by atoms with Crippen LogP contribution in [0.5, 0.6) is 0 Å². The van der Waals surface area contributed by atoms with Gasteiger partial charge in [0.2, 0.25) is 0 Å². The lowest BCUT2D eigenvalue weighted by molar-refractivity contribution is 0.0951. The summed E-state index contributed by atoms with van der Waals surface area (Å²) in [6.07, 6.45) is 3.20. The fourth-order valence-electron chi connectivity index (χ4n) is 3.65. The van der Waals surface area contributed by atoms with E-state index in [0.29, 0.717) is 29.9 Å². The highest BCUT2D eigenvalue weighted by atomic mass is 16.2. The Bertz CT molecular complexity index is 1050. The average molecular weight is 445 g/mol. The van der Waals surface area contributed by atoms with Crippen molar-refractivity contribution < 1.29 is 9.59 Å². The number of rotatable bonds is 11. The SMILES string of the molecule is CCN(CC)CCCNC(=O)c1cccc(Cc2cccc(C(=O)Nc3ccccn3)c2)c1. The summed E-state index contributed by atoms with van der Waals surface area (Å²) in [6, 6.07) is 20.5. The van der Waals surface area contributed by atoms with Gasteiger partial charge in [-0.15, -0.1) is 0 Å². The smallest absolute Gasteiger partial charge is 0.256 e. The van der Waals surface area contributed by atoms with Crippen LogP contribution < -0.4 is 10.6 Å². The zero-order valence-corrected chi connectivity index (χ0v) is 19.4. The summed E-state index contributed by atoms with van der Waals surface area (Å²) in [5.74, 6) is 0.261. The van der Waals surface area contributed by atoms with Crippen molar-refractivity contribution in [2.75, 3.05) is 31.5 Å². The molecule has 2 aromatic carbocycles. The molecule has 0 unspecified atom stereocenters. The third-order valence-electron chi connectivity index (χ3n) is 5.52. The molecule has 1 aromatic heterocycles. The third kappa shape index (κ3) is 7.54. The largest absolute Gasteiger partial charge is 0.352 e. The monoisotopic (exact) mass is 444 g/mol. The van der Waals surface area contributed by atoms with Crippen LogP contribution >= 0.6 is 0 Å². The molecular weight excluding hydrogens is 412 g/mol. The zero-order valence-electron chi connectivity index (χ0n) is 19.4. The lowest BCUT2D eigenvalue weighted by atomic mass is 10.0. The molecule has 33 heavy (non-hydrogen) atoms. The normalized spacial score (nSPS) is 10.8. The van der Waals surface area contributed by atoms with Crippen LogP contribution in [0.1, 0.15) is 52.1 Å². The first kappa shape index (κ1) is 24.1. The fraction of sp³-hybridized carbons (Fsp3) is 0.296. The van der Waals surface area contributed by atoms with Crippen molar-refractivity contribution in [3.8, 4) is 0 Å². The van der Waals surface area contributed by atoms with Crippen molar-refractivity contribution in [2.24, 2.45) is 0 Å². The molecule has 0 bridgehead atoms. The van der Waals surface area contributed by atoms with Crippen LogP contribution in [-0.2, 0) is 6.42 Å². The topological polar surface area (TPSA) is 74.3 Å².